The summed E-state index contributed by atoms with van der Waals surface area (Å²) < 4.78 is 18.3. The topological polar surface area (TPSA) is 44.8 Å². The van der Waals surface area contributed by atoms with Crippen molar-refractivity contribution in [3.63, 3.8) is 0 Å². The molecule has 0 amide bonds. The van der Waals surface area contributed by atoms with Crippen molar-refractivity contribution in [2.45, 2.75) is 18.6 Å². The molecular formula is C33H26O4. The van der Waals surface area contributed by atoms with E-state index in [1.807, 2.05) is 103 Å². The Morgan fingerprint density at radius 1 is 0.811 bits per heavy atom. The van der Waals surface area contributed by atoms with Crippen LogP contribution in [0.2, 0.25) is 0 Å². The summed E-state index contributed by atoms with van der Waals surface area (Å²) in [7, 11) is 1.65. The molecule has 0 saturated heterocycles. The first kappa shape index (κ1) is 22.9. The Hall–Kier alpha value is -4.57. The molecule has 5 aromatic rings. The van der Waals surface area contributed by atoms with Crippen LogP contribution in [-0.2, 0) is 6.61 Å². The van der Waals surface area contributed by atoms with Gasteiger partial charge >= 0.3 is 0 Å². The molecule has 1 heterocycles. The number of fused-ring (bicyclic) bond motifs is 3. The van der Waals surface area contributed by atoms with Crippen molar-refractivity contribution in [3.05, 3.63) is 138 Å². The summed E-state index contributed by atoms with van der Waals surface area (Å²) in [6.07, 6.45) is -0.726. The zero-order chi connectivity index (χ0) is 25.2. The summed E-state index contributed by atoms with van der Waals surface area (Å²) in [5, 5.41) is 2.09. The number of ketones is 1. The molecule has 0 aliphatic carbocycles. The van der Waals surface area contributed by atoms with E-state index in [0.29, 0.717) is 23.7 Å². The predicted molar refractivity (Wildman–Crippen MR) is 145 cm³/mol. The van der Waals surface area contributed by atoms with Crippen molar-refractivity contribution in [1.29, 1.82) is 0 Å². The highest BCUT2D eigenvalue weighted by molar-refractivity contribution is 6.03. The Labute approximate surface area is 216 Å². The molecule has 0 radical (unpaired) electrons. The van der Waals surface area contributed by atoms with E-state index >= 15 is 0 Å². The summed E-state index contributed by atoms with van der Waals surface area (Å²) in [5.41, 5.74) is 3.64. The Morgan fingerprint density at radius 2 is 1.49 bits per heavy atom. The van der Waals surface area contributed by atoms with Crippen LogP contribution in [0.4, 0.5) is 0 Å². The largest absolute Gasteiger partial charge is 0.497 e. The second kappa shape index (κ2) is 9.82. The predicted octanol–water partition coefficient (Wildman–Crippen LogP) is 7.20. The standard InChI is InChI=1S/C33H26O4/c1-35-26-18-16-23(17-19-26)29-30-27-15-9-8-14-25(27)20-28(36-21-22-10-4-2-5-11-22)32(30)37-33(29)31(34)24-12-6-3-7-13-24/h2-20,29,33H,21H2,1H3/t29-,33+/m0/s1. The minimum absolute atomic E-state index is 0.0595. The van der Waals surface area contributed by atoms with E-state index in [1.165, 1.54) is 0 Å². The Morgan fingerprint density at radius 3 is 2.22 bits per heavy atom. The van der Waals surface area contributed by atoms with Gasteiger partial charge in [-0.1, -0.05) is 97.1 Å². The number of carbonyl (C=O) groups excluding carboxylic acids is 1. The van der Waals surface area contributed by atoms with Crippen LogP contribution in [0.3, 0.4) is 0 Å². The first-order valence-electron chi connectivity index (χ1n) is 12.3. The van der Waals surface area contributed by atoms with Crippen LogP contribution < -0.4 is 14.2 Å². The fourth-order valence-corrected chi connectivity index (χ4v) is 5.07. The van der Waals surface area contributed by atoms with Gasteiger partial charge < -0.3 is 14.2 Å². The number of ether oxygens (including phenoxy) is 3. The lowest BCUT2D eigenvalue weighted by molar-refractivity contribution is 0.0802. The molecular weight excluding hydrogens is 460 g/mol. The van der Waals surface area contributed by atoms with Crippen LogP contribution in [-0.4, -0.2) is 19.0 Å². The molecule has 182 valence electrons. The SMILES string of the molecule is COc1ccc([C@H]2c3c(c(OCc4ccccc4)cc4ccccc34)O[C@H]2C(=O)c2ccccc2)cc1. The number of carbonyl (C=O) groups is 1. The quantitative estimate of drug-likeness (QED) is 0.228. The van der Waals surface area contributed by atoms with Crippen LogP contribution in [0.1, 0.15) is 33.0 Å². The lowest BCUT2D eigenvalue weighted by atomic mass is 9.83. The number of Topliss-reactive ketones (excluding diaryl/α,β-unsaturated/α-hetero) is 1. The van der Waals surface area contributed by atoms with Gasteiger partial charge in [0.2, 0.25) is 5.78 Å². The summed E-state index contributed by atoms with van der Waals surface area (Å²) in [6.45, 7) is 0.402. The normalized spacial score (nSPS) is 16.1. The van der Waals surface area contributed by atoms with Crippen molar-refractivity contribution in [1.82, 2.24) is 0 Å². The highest BCUT2D eigenvalue weighted by atomic mass is 16.5. The molecule has 37 heavy (non-hydrogen) atoms. The summed E-state index contributed by atoms with van der Waals surface area (Å²) in [6, 6.07) is 37.5. The van der Waals surface area contributed by atoms with Gasteiger partial charge in [-0.15, -0.1) is 0 Å². The van der Waals surface area contributed by atoms with Gasteiger partial charge in [0, 0.05) is 11.1 Å². The van der Waals surface area contributed by atoms with E-state index in [1.54, 1.807) is 7.11 Å². The fraction of sp³-hybridized carbons (Fsp3) is 0.121. The summed E-state index contributed by atoms with van der Waals surface area (Å²) in [5.74, 6) is 1.66. The Kier molecular flexibility index (Phi) is 6.07. The van der Waals surface area contributed by atoms with E-state index < -0.39 is 6.10 Å². The van der Waals surface area contributed by atoms with Crippen molar-refractivity contribution >= 4 is 16.6 Å². The maximum atomic E-state index is 13.9. The molecule has 0 unspecified atom stereocenters. The molecule has 0 N–H and O–H groups in total. The molecule has 1 aliphatic heterocycles. The van der Waals surface area contributed by atoms with Gasteiger partial charge in [-0.05, 0) is 40.1 Å². The van der Waals surface area contributed by atoms with E-state index in [4.69, 9.17) is 14.2 Å². The van der Waals surface area contributed by atoms with Crippen molar-refractivity contribution in [2.75, 3.05) is 7.11 Å². The highest BCUT2D eigenvalue weighted by Gasteiger charge is 2.43. The highest BCUT2D eigenvalue weighted by Crippen LogP contribution is 2.52. The number of benzene rings is 5. The van der Waals surface area contributed by atoms with Gasteiger partial charge in [-0.25, -0.2) is 0 Å². The zero-order valence-electron chi connectivity index (χ0n) is 20.5. The third-order valence-corrected chi connectivity index (χ3v) is 6.89. The lowest BCUT2D eigenvalue weighted by Gasteiger charge is -2.19. The van der Waals surface area contributed by atoms with Crippen LogP contribution in [0.25, 0.3) is 10.8 Å². The summed E-state index contributed by atoms with van der Waals surface area (Å²) in [4.78, 5) is 13.9. The number of hydrogen-bond donors (Lipinski definition) is 0. The third-order valence-electron chi connectivity index (χ3n) is 6.89. The van der Waals surface area contributed by atoms with Crippen molar-refractivity contribution in [3.8, 4) is 17.2 Å². The third kappa shape index (κ3) is 4.31. The molecule has 2 atom stereocenters. The van der Waals surface area contributed by atoms with Gasteiger partial charge in [0.1, 0.15) is 12.4 Å². The molecule has 0 aromatic heterocycles. The molecule has 0 spiro atoms. The maximum Gasteiger partial charge on any atom is 0.204 e. The van der Waals surface area contributed by atoms with E-state index in [0.717, 1.165) is 33.2 Å². The van der Waals surface area contributed by atoms with Gasteiger partial charge in [-0.3, -0.25) is 4.79 Å². The molecule has 5 aromatic carbocycles. The zero-order valence-corrected chi connectivity index (χ0v) is 20.5. The second-order valence-corrected chi connectivity index (χ2v) is 9.13. The average Bonchev–Trinajstić information content (AvgIpc) is 3.38. The number of hydrogen-bond acceptors (Lipinski definition) is 4. The smallest absolute Gasteiger partial charge is 0.204 e. The summed E-state index contributed by atoms with van der Waals surface area (Å²) >= 11 is 0. The minimum atomic E-state index is -0.726. The monoisotopic (exact) mass is 486 g/mol. The maximum absolute atomic E-state index is 13.9. The van der Waals surface area contributed by atoms with Crippen LogP contribution in [0.15, 0.2) is 115 Å². The minimum Gasteiger partial charge on any atom is -0.497 e. The number of methoxy groups -OCH3 is 1. The fourth-order valence-electron chi connectivity index (χ4n) is 5.07. The van der Waals surface area contributed by atoms with Crippen molar-refractivity contribution in [2.24, 2.45) is 0 Å². The first-order valence-corrected chi connectivity index (χ1v) is 12.3. The Balaban J connectivity index is 1.51. The lowest BCUT2D eigenvalue weighted by Crippen LogP contribution is -2.30. The molecule has 0 bridgehead atoms. The van der Waals surface area contributed by atoms with Gasteiger partial charge in [-0.2, -0.15) is 0 Å². The molecule has 0 fully saturated rings. The number of rotatable bonds is 7. The van der Waals surface area contributed by atoms with Gasteiger partial charge in [0.15, 0.2) is 17.6 Å². The second-order valence-electron chi connectivity index (χ2n) is 9.13. The average molecular weight is 487 g/mol. The Bertz CT molecular complexity index is 1540. The first-order chi connectivity index (χ1) is 18.2. The van der Waals surface area contributed by atoms with E-state index in [2.05, 4.69) is 12.1 Å². The molecule has 1 aliphatic rings. The molecule has 6 rings (SSSR count). The van der Waals surface area contributed by atoms with Crippen molar-refractivity contribution < 1.29 is 19.0 Å². The van der Waals surface area contributed by atoms with Gasteiger partial charge in [0.25, 0.3) is 0 Å². The van der Waals surface area contributed by atoms with E-state index in [-0.39, 0.29) is 11.7 Å². The molecule has 4 heteroatoms. The molecule has 4 nitrogen and oxygen atoms in total. The van der Waals surface area contributed by atoms with Crippen LogP contribution in [0.5, 0.6) is 17.2 Å². The molecule has 0 saturated carbocycles. The van der Waals surface area contributed by atoms with Gasteiger partial charge in [0.05, 0.1) is 13.0 Å². The van der Waals surface area contributed by atoms with E-state index in [9.17, 15) is 4.79 Å². The van der Waals surface area contributed by atoms with Crippen LogP contribution in [0, 0.1) is 0 Å². The van der Waals surface area contributed by atoms with Crippen LogP contribution >= 0.6 is 0 Å².